The van der Waals surface area contributed by atoms with E-state index >= 15 is 0 Å². The lowest BCUT2D eigenvalue weighted by Gasteiger charge is -2.20. The average molecular weight is 293 g/mol. The van der Waals surface area contributed by atoms with Crippen molar-refractivity contribution in [1.82, 2.24) is 10.6 Å². The molecule has 0 fully saturated rings. The van der Waals surface area contributed by atoms with E-state index in [1.165, 1.54) is 0 Å². The molecule has 6 heteroatoms. The van der Waals surface area contributed by atoms with Crippen molar-refractivity contribution >= 4 is 17.5 Å². The Balaban J connectivity index is 2.65. The molecule has 0 heterocycles. The van der Waals surface area contributed by atoms with E-state index in [-0.39, 0.29) is 23.9 Å². The third-order valence-corrected chi connectivity index (χ3v) is 2.43. The second-order valence-electron chi connectivity index (χ2n) is 5.70. The number of ether oxygens (including phenoxy) is 1. The van der Waals surface area contributed by atoms with Crippen LogP contribution in [-0.4, -0.2) is 30.5 Å². The number of nitrogens with two attached hydrogens (primary N) is 1. The van der Waals surface area contributed by atoms with Gasteiger partial charge in [-0.15, -0.1) is 0 Å². The van der Waals surface area contributed by atoms with Crippen LogP contribution in [0.4, 0.5) is 5.69 Å². The number of benzene rings is 1. The predicted octanol–water partition coefficient (Wildman–Crippen LogP) is 1.31. The molecule has 0 saturated carbocycles. The first kappa shape index (κ1) is 16.8. The van der Waals surface area contributed by atoms with Crippen LogP contribution in [-0.2, 0) is 4.79 Å². The molecular formula is C15H23N3O3. The summed E-state index contributed by atoms with van der Waals surface area (Å²) in [6.45, 7) is 7.87. The van der Waals surface area contributed by atoms with E-state index in [9.17, 15) is 9.59 Å². The second-order valence-corrected chi connectivity index (χ2v) is 5.70. The molecule has 2 amide bonds. The third-order valence-electron chi connectivity index (χ3n) is 2.43. The lowest BCUT2D eigenvalue weighted by Crippen LogP contribution is -2.45. The first-order valence-electron chi connectivity index (χ1n) is 6.84. The summed E-state index contributed by atoms with van der Waals surface area (Å²) in [7, 11) is 0. The summed E-state index contributed by atoms with van der Waals surface area (Å²) in [5.41, 5.74) is 6.19. The molecule has 0 unspecified atom stereocenters. The van der Waals surface area contributed by atoms with Gasteiger partial charge in [-0.25, -0.2) is 0 Å². The lowest BCUT2D eigenvalue weighted by atomic mass is 10.1. The Morgan fingerprint density at radius 2 is 1.90 bits per heavy atom. The van der Waals surface area contributed by atoms with Crippen LogP contribution in [0.25, 0.3) is 0 Å². The second kappa shape index (κ2) is 6.97. The van der Waals surface area contributed by atoms with Crippen molar-refractivity contribution in [3.8, 4) is 5.75 Å². The van der Waals surface area contributed by atoms with Crippen LogP contribution < -0.4 is 21.1 Å². The first-order valence-corrected chi connectivity index (χ1v) is 6.84. The monoisotopic (exact) mass is 293 g/mol. The van der Waals surface area contributed by atoms with Crippen LogP contribution >= 0.6 is 0 Å². The zero-order chi connectivity index (χ0) is 16.0. The fraction of sp³-hybridized carbons (Fsp3) is 0.467. The van der Waals surface area contributed by atoms with Gasteiger partial charge in [-0.1, -0.05) is 0 Å². The number of nitrogens with one attached hydrogen (secondary N) is 2. The molecule has 0 aromatic heterocycles. The number of rotatable bonds is 5. The number of anilines is 1. The van der Waals surface area contributed by atoms with Crippen molar-refractivity contribution in [2.75, 3.05) is 18.9 Å². The molecule has 6 nitrogen and oxygen atoms in total. The zero-order valence-corrected chi connectivity index (χ0v) is 12.9. The quantitative estimate of drug-likeness (QED) is 0.714. The number of carbonyl (C=O) groups excluding carboxylic acids is 2. The molecule has 1 aromatic carbocycles. The standard InChI is InChI=1S/C15H23N3O3/c1-5-21-12-7-10(6-11(16)8-12)14(20)17-9-13(19)18-15(2,3)4/h6-8H,5,9,16H2,1-4H3,(H,17,20)(H,18,19). The number of amides is 2. The van der Waals surface area contributed by atoms with Crippen molar-refractivity contribution in [2.45, 2.75) is 33.2 Å². The molecule has 1 aromatic rings. The Hall–Kier alpha value is -2.24. The Labute approximate surface area is 125 Å². The Bertz CT molecular complexity index is 521. The van der Waals surface area contributed by atoms with Crippen LogP contribution in [0.2, 0.25) is 0 Å². The Kier molecular flexibility index (Phi) is 5.58. The molecule has 0 saturated heterocycles. The van der Waals surface area contributed by atoms with Crippen molar-refractivity contribution in [3.63, 3.8) is 0 Å². The number of hydrogen-bond donors (Lipinski definition) is 3. The molecule has 21 heavy (non-hydrogen) atoms. The average Bonchev–Trinajstić information content (AvgIpc) is 2.33. The minimum Gasteiger partial charge on any atom is -0.494 e. The lowest BCUT2D eigenvalue weighted by molar-refractivity contribution is -0.121. The van der Waals surface area contributed by atoms with Crippen LogP contribution in [0.5, 0.6) is 5.75 Å². The van der Waals surface area contributed by atoms with E-state index in [4.69, 9.17) is 10.5 Å². The highest BCUT2D eigenvalue weighted by Gasteiger charge is 2.15. The minimum atomic E-state index is -0.368. The molecule has 1 rings (SSSR count). The van der Waals surface area contributed by atoms with E-state index < -0.39 is 0 Å². The number of nitrogen functional groups attached to an aromatic ring is 1. The first-order chi connectivity index (χ1) is 9.71. The van der Waals surface area contributed by atoms with Gasteiger partial charge in [-0.3, -0.25) is 9.59 Å². The zero-order valence-electron chi connectivity index (χ0n) is 12.9. The third kappa shape index (κ3) is 6.16. The SMILES string of the molecule is CCOc1cc(N)cc(C(=O)NCC(=O)NC(C)(C)C)c1. The van der Waals surface area contributed by atoms with E-state index in [0.29, 0.717) is 23.6 Å². The van der Waals surface area contributed by atoms with Gasteiger partial charge in [0.1, 0.15) is 5.75 Å². The summed E-state index contributed by atoms with van der Waals surface area (Å²) in [6.07, 6.45) is 0. The van der Waals surface area contributed by atoms with Crippen LogP contribution in [0, 0.1) is 0 Å². The summed E-state index contributed by atoms with van der Waals surface area (Å²) in [5, 5.41) is 5.32. The summed E-state index contributed by atoms with van der Waals surface area (Å²) in [6, 6.07) is 4.78. The van der Waals surface area contributed by atoms with E-state index in [0.717, 1.165) is 0 Å². The molecule has 0 aliphatic carbocycles. The fourth-order valence-corrected chi connectivity index (χ4v) is 1.73. The molecule has 0 aliphatic heterocycles. The van der Waals surface area contributed by atoms with Crippen molar-refractivity contribution in [3.05, 3.63) is 23.8 Å². The van der Waals surface area contributed by atoms with Gasteiger partial charge in [0.05, 0.1) is 13.2 Å². The van der Waals surface area contributed by atoms with Gasteiger partial charge in [0, 0.05) is 22.9 Å². The van der Waals surface area contributed by atoms with Crippen LogP contribution in [0.1, 0.15) is 38.1 Å². The predicted molar refractivity (Wildman–Crippen MR) is 82.3 cm³/mol. The smallest absolute Gasteiger partial charge is 0.251 e. The molecule has 0 aliphatic rings. The van der Waals surface area contributed by atoms with Crippen LogP contribution in [0.3, 0.4) is 0 Å². The van der Waals surface area contributed by atoms with Crippen molar-refractivity contribution in [2.24, 2.45) is 0 Å². The molecular weight excluding hydrogens is 270 g/mol. The van der Waals surface area contributed by atoms with Gasteiger partial charge in [0.2, 0.25) is 5.91 Å². The maximum absolute atomic E-state index is 12.0. The Morgan fingerprint density at radius 3 is 2.48 bits per heavy atom. The van der Waals surface area contributed by atoms with Gasteiger partial charge in [0.15, 0.2) is 0 Å². The van der Waals surface area contributed by atoms with Crippen molar-refractivity contribution in [1.29, 1.82) is 0 Å². The highest BCUT2D eigenvalue weighted by molar-refractivity contribution is 5.97. The van der Waals surface area contributed by atoms with Gasteiger partial charge < -0.3 is 21.1 Å². The summed E-state index contributed by atoms with van der Waals surface area (Å²) < 4.78 is 5.33. The largest absolute Gasteiger partial charge is 0.494 e. The maximum atomic E-state index is 12.0. The molecule has 4 N–H and O–H groups in total. The topological polar surface area (TPSA) is 93.4 Å². The molecule has 116 valence electrons. The fourth-order valence-electron chi connectivity index (χ4n) is 1.73. The van der Waals surface area contributed by atoms with E-state index in [2.05, 4.69) is 10.6 Å². The maximum Gasteiger partial charge on any atom is 0.251 e. The van der Waals surface area contributed by atoms with E-state index in [1.807, 2.05) is 27.7 Å². The highest BCUT2D eigenvalue weighted by Crippen LogP contribution is 2.18. The number of hydrogen-bond acceptors (Lipinski definition) is 4. The molecule has 0 radical (unpaired) electrons. The minimum absolute atomic E-state index is 0.0884. The molecule has 0 atom stereocenters. The Morgan fingerprint density at radius 1 is 1.24 bits per heavy atom. The normalized spacial score (nSPS) is 10.9. The van der Waals surface area contributed by atoms with Crippen molar-refractivity contribution < 1.29 is 14.3 Å². The summed E-state index contributed by atoms with van der Waals surface area (Å²) in [5.74, 6) is -0.0844. The molecule has 0 spiro atoms. The van der Waals surface area contributed by atoms with Gasteiger partial charge in [0.25, 0.3) is 5.91 Å². The number of carbonyl (C=O) groups is 2. The molecule has 0 bridgehead atoms. The van der Waals surface area contributed by atoms with Crippen LogP contribution in [0.15, 0.2) is 18.2 Å². The summed E-state index contributed by atoms with van der Waals surface area (Å²) in [4.78, 5) is 23.7. The van der Waals surface area contributed by atoms with E-state index in [1.54, 1.807) is 18.2 Å². The van der Waals surface area contributed by atoms with Gasteiger partial charge in [-0.05, 0) is 39.8 Å². The van der Waals surface area contributed by atoms with Gasteiger partial charge >= 0.3 is 0 Å². The highest BCUT2D eigenvalue weighted by atomic mass is 16.5. The van der Waals surface area contributed by atoms with Gasteiger partial charge in [-0.2, -0.15) is 0 Å². The summed E-state index contributed by atoms with van der Waals surface area (Å²) >= 11 is 0.